The SMILES string of the molecule is CSCC(C)CO. The highest BCUT2D eigenvalue weighted by Gasteiger charge is 1.94. The predicted octanol–water partition coefficient (Wildman–Crippen LogP) is 0.978. The van der Waals surface area contributed by atoms with Crippen LogP contribution in [0.2, 0.25) is 0 Å². The molecule has 7 heavy (non-hydrogen) atoms. The Morgan fingerprint density at radius 2 is 2.29 bits per heavy atom. The second kappa shape index (κ2) is 4.47. The molecule has 0 saturated heterocycles. The molecule has 0 aliphatic heterocycles. The van der Waals surface area contributed by atoms with E-state index >= 15 is 0 Å². The first-order valence-electron chi connectivity index (χ1n) is 2.41. The maximum absolute atomic E-state index is 8.45. The van der Waals surface area contributed by atoms with E-state index in [1.54, 1.807) is 11.8 Å². The zero-order chi connectivity index (χ0) is 5.70. The lowest BCUT2D eigenvalue weighted by atomic mass is 10.2. The Kier molecular flexibility index (Phi) is 4.67. The van der Waals surface area contributed by atoms with Crippen molar-refractivity contribution in [3.63, 3.8) is 0 Å². The maximum atomic E-state index is 8.45. The number of aliphatic hydroxyl groups is 1. The van der Waals surface area contributed by atoms with Gasteiger partial charge in [0.1, 0.15) is 0 Å². The number of hydrogen-bond acceptors (Lipinski definition) is 2. The third kappa shape index (κ3) is 4.16. The zero-order valence-corrected chi connectivity index (χ0v) is 5.66. The van der Waals surface area contributed by atoms with E-state index in [9.17, 15) is 0 Å². The molecular weight excluding hydrogens is 108 g/mol. The highest BCUT2D eigenvalue weighted by molar-refractivity contribution is 7.98. The van der Waals surface area contributed by atoms with E-state index in [2.05, 4.69) is 0 Å². The summed E-state index contributed by atoms with van der Waals surface area (Å²) >= 11 is 1.77. The Hall–Kier alpha value is 0.310. The molecule has 1 atom stereocenters. The van der Waals surface area contributed by atoms with Gasteiger partial charge in [-0.3, -0.25) is 0 Å². The molecule has 0 aliphatic carbocycles. The summed E-state index contributed by atoms with van der Waals surface area (Å²) in [5.41, 5.74) is 0. The van der Waals surface area contributed by atoms with Gasteiger partial charge in [-0.25, -0.2) is 0 Å². The Bertz CT molecular complexity index is 39.1. The molecule has 0 amide bonds. The minimum absolute atomic E-state index is 0.320. The monoisotopic (exact) mass is 120 g/mol. The largest absolute Gasteiger partial charge is 0.396 e. The van der Waals surface area contributed by atoms with E-state index in [0.29, 0.717) is 12.5 Å². The highest BCUT2D eigenvalue weighted by atomic mass is 32.2. The topological polar surface area (TPSA) is 20.2 Å². The van der Waals surface area contributed by atoms with Gasteiger partial charge in [0.15, 0.2) is 0 Å². The van der Waals surface area contributed by atoms with Crippen LogP contribution in [0.25, 0.3) is 0 Å². The molecule has 0 spiro atoms. The Morgan fingerprint density at radius 3 is 2.43 bits per heavy atom. The Labute approximate surface area is 49.1 Å². The van der Waals surface area contributed by atoms with Crippen molar-refractivity contribution in [2.75, 3.05) is 18.6 Å². The van der Waals surface area contributed by atoms with Crippen molar-refractivity contribution in [1.29, 1.82) is 0 Å². The number of thioether (sulfide) groups is 1. The second-order valence-corrected chi connectivity index (χ2v) is 2.65. The summed E-state index contributed by atoms with van der Waals surface area (Å²) in [6, 6.07) is 0. The summed E-state index contributed by atoms with van der Waals surface area (Å²) < 4.78 is 0. The van der Waals surface area contributed by atoms with Crippen LogP contribution in [0.3, 0.4) is 0 Å². The quantitative estimate of drug-likeness (QED) is 0.599. The van der Waals surface area contributed by atoms with Crippen molar-refractivity contribution in [3.05, 3.63) is 0 Å². The van der Waals surface area contributed by atoms with Crippen LogP contribution in [0.1, 0.15) is 6.92 Å². The molecule has 1 N–H and O–H groups in total. The van der Waals surface area contributed by atoms with Crippen LogP contribution >= 0.6 is 11.8 Å². The van der Waals surface area contributed by atoms with Gasteiger partial charge in [-0.2, -0.15) is 11.8 Å². The normalized spacial score (nSPS) is 14.1. The van der Waals surface area contributed by atoms with Crippen LogP contribution < -0.4 is 0 Å². The average Bonchev–Trinajstić information content (AvgIpc) is 1.68. The van der Waals surface area contributed by atoms with Gasteiger partial charge >= 0.3 is 0 Å². The second-order valence-electron chi connectivity index (χ2n) is 1.74. The first-order chi connectivity index (χ1) is 3.31. The first-order valence-corrected chi connectivity index (χ1v) is 3.80. The summed E-state index contributed by atoms with van der Waals surface area (Å²) in [6.45, 7) is 2.36. The van der Waals surface area contributed by atoms with Crippen molar-refractivity contribution in [2.45, 2.75) is 6.92 Å². The summed E-state index contributed by atoms with van der Waals surface area (Å²) in [7, 11) is 0. The zero-order valence-electron chi connectivity index (χ0n) is 4.85. The van der Waals surface area contributed by atoms with Crippen molar-refractivity contribution in [2.24, 2.45) is 5.92 Å². The molecule has 0 aromatic rings. The number of rotatable bonds is 3. The smallest absolute Gasteiger partial charge is 0.0464 e. The molecule has 0 aliphatic rings. The van der Waals surface area contributed by atoms with Crippen LogP contribution in [-0.2, 0) is 0 Å². The van der Waals surface area contributed by atoms with Crippen molar-refractivity contribution in [1.82, 2.24) is 0 Å². The third-order valence-corrected chi connectivity index (χ3v) is 1.67. The summed E-state index contributed by atoms with van der Waals surface area (Å²) in [5.74, 6) is 1.53. The molecule has 0 heterocycles. The molecule has 1 unspecified atom stereocenters. The predicted molar refractivity (Wildman–Crippen MR) is 34.6 cm³/mol. The summed E-state index contributed by atoms with van der Waals surface area (Å²) in [5, 5.41) is 8.45. The van der Waals surface area contributed by atoms with Crippen LogP contribution in [0.5, 0.6) is 0 Å². The maximum Gasteiger partial charge on any atom is 0.0464 e. The van der Waals surface area contributed by atoms with E-state index < -0.39 is 0 Å². The molecule has 0 aromatic carbocycles. The standard InChI is InChI=1S/C5H12OS/c1-5(3-6)4-7-2/h5-6H,3-4H2,1-2H3. The van der Waals surface area contributed by atoms with Crippen LogP contribution in [0.15, 0.2) is 0 Å². The molecule has 0 radical (unpaired) electrons. The molecule has 0 saturated carbocycles. The Balaban J connectivity index is 2.83. The van der Waals surface area contributed by atoms with Gasteiger partial charge in [-0.15, -0.1) is 0 Å². The van der Waals surface area contributed by atoms with Crippen LogP contribution in [0.4, 0.5) is 0 Å². The Morgan fingerprint density at radius 1 is 1.71 bits per heavy atom. The van der Waals surface area contributed by atoms with Crippen LogP contribution in [0, 0.1) is 5.92 Å². The van der Waals surface area contributed by atoms with E-state index in [1.165, 1.54) is 0 Å². The molecular formula is C5H12OS. The average molecular weight is 120 g/mol. The van der Waals surface area contributed by atoms with E-state index in [-0.39, 0.29) is 0 Å². The van der Waals surface area contributed by atoms with Gasteiger partial charge in [-0.1, -0.05) is 6.92 Å². The molecule has 1 nitrogen and oxygen atoms in total. The third-order valence-electron chi connectivity index (χ3n) is 0.763. The molecule has 44 valence electrons. The molecule has 0 rings (SSSR count). The number of aliphatic hydroxyl groups excluding tert-OH is 1. The lowest BCUT2D eigenvalue weighted by molar-refractivity contribution is 0.250. The van der Waals surface area contributed by atoms with Gasteiger partial charge < -0.3 is 5.11 Å². The fraction of sp³-hybridized carbons (Fsp3) is 1.00. The van der Waals surface area contributed by atoms with Crippen LogP contribution in [-0.4, -0.2) is 23.7 Å². The lowest BCUT2D eigenvalue weighted by Gasteiger charge is -2.01. The van der Waals surface area contributed by atoms with Gasteiger partial charge in [0.25, 0.3) is 0 Å². The fourth-order valence-electron chi connectivity index (χ4n) is 0.337. The first kappa shape index (κ1) is 7.31. The summed E-state index contributed by atoms with van der Waals surface area (Å²) in [4.78, 5) is 0. The van der Waals surface area contributed by atoms with Crippen molar-refractivity contribution < 1.29 is 5.11 Å². The van der Waals surface area contributed by atoms with E-state index in [4.69, 9.17) is 5.11 Å². The van der Waals surface area contributed by atoms with Crippen molar-refractivity contribution >= 4 is 11.8 Å². The summed E-state index contributed by atoms with van der Waals surface area (Å²) in [6.07, 6.45) is 2.05. The minimum atomic E-state index is 0.320. The van der Waals surface area contributed by atoms with Gasteiger partial charge in [0.05, 0.1) is 0 Å². The molecule has 0 bridgehead atoms. The highest BCUT2D eigenvalue weighted by Crippen LogP contribution is 2.01. The van der Waals surface area contributed by atoms with Gasteiger partial charge in [0, 0.05) is 6.61 Å². The molecule has 0 aromatic heterocycles. The van der Waals surface area contributed by atoms with Gasteiger partial charge in [-0.05, 0) is 17.9 Å². The van der Waals surface area contributed by atoms with E-state index in [1.807, 2.05) is 13.2 Å². The lowest BCUT2D eigenvalue weighted by Crippen LogP contribution is -2.02. The molecule has 2 heteroatoms. The van der Waals surface area contributed by atoms with Crippen molar-refractivity contribution in [3.8, 4) is 0 Å². The fourth-order valence-corrected chi connectivity index (χ4v) is 1.01. The number of hydrogen-bond donors (Lipinski definition) is 1. The minimum Gasteiger partial charge on any atom is -0.396 e. The van der Waals surface area contributed by atoms with E-state index in [0.717, 1.165) is 5.75 Å². The van der Waals surface area contributed by atoms with Gasteiger partial charge in [0.2, 0.25) is 0 Å². The molecule has 0 fully saturated rings.